The van der Waals surface area contributed by atoms with Crippen LogP contribution in [0.3, 0.4) is 0 Å². The van der Waals surface area contributed by atoms with Gasteiger partial charge >= 0.3 is 0 Å². The number of amidine groups is 1. The molecule has 0 fully saturated rings. The molecule has 1 aliphatic rings. The third kappa shape index (κ3) is 3.93. The molecule has 1 heterocycles. The lowest BCUT2D eigenvalue weighted by Gasteiger charge is -2.14. The van der Waals surface area contributed by atoms with Crippen LogP contribution in [0.2, 0.25) is 0 Å². The number of thioether (sulfide) groups is 1. The summed E-state index contributed by atoms with van der Waals surface area (Å²) in [4.78, 5) is 4.57. The van der Waals surface area contributed by atoms with Gasteiger partial charge in [0, 0.05) is 12.3 Å². The number of hydrogen-bond acceptors (Lipinski definition) is 4. The molecule has 4 rings (SSSR count). The predicted molar refractivity (Wildman–Crippen MR) is 113 cm³/mol. The Morgan fingerprint density at radius 3 is 2.59 bits per heavy atom. The standard InChI is InChI=1S/C22H21FN2OS/c1-27-11-10-26-21-14-17-3-2-16(15-4-6-19(23)7-5-15)12-18(17)13-20(21)22-24-8-9-25-22/h2-7,12-14H,8-11H2,1H3,(H,24,25). The summed E-state index contributed by atoms with van der Waals surface area (Å²) in [5.74, 6) is 2.47. The molecule has 0 spiro atoms. The summed E-state index contributed by atoms with van der Waals surface area (Å²) in [6, 6.07) is 17.1. The van der Waals surface area contributed by atoms with E-state index in [0.29, 0.717) is 6.61 Å². The molecule has 1 aliphatic heterocycles. The van der Waals surface area contributed by atoms with Crippen molar-refractivity contribution in [3.8, 4) is 16.9 Å². The van der Waals surface area contributed by atoms with Crippen LogP contribution in [-0.2, 0) is 0 Å². The van der Waals surface area contributed by atoms with Gasteiger partial charge in [0.1, 0.15) is 17.4 Å². The second-order valence-corrected chi connectivity index (χ2v) is 7.40. The monoisotopic (exact) mass is 380 g/mol. The van der Waals surface area contributed by atoms with Crippen LogP contribution in [0, 0.1) is 5.82 Å². The van der Waals surface area contributed by atoms with Crippen LogP contribution in [0.5, 0.6) is 5.75 Å². The zero-order valence-electron chi connectivity index (χ0n) is 15.2. The molecular formula is C22H21FN2OS. The first kappa shape index (κ1) is 17.9. The fraction of sp³-hybridized carbons (Fsp3) is 0.227. The van der Waals surface area contributed by atoms with Crippen LogP contribution in [0.4, 0.5) is 4.39 Å². The molecule has 0 atom stereocenters. The van der Waals surface area contributed by atoms with E-state index in [2.05, 4.69) is 46.9 Å². The number of nitrogens with one attached hydrogen (secondary N) is 1. The molecule has 5 heteroatoms. The van der Waals surface area contributed by atoms with Gasteiger partial charge in [-0.15, -0.1) is 0 Å². The normalized spacial score (nSPS) is 13.5. The zero-order valence-corrected chi connectivity index (χ0v) is 16.0. The molecule has 0 unspecified atom stereocenters. The minimum atomic E-state index is -0.223. The molecule has 0 aromatic heterocycles. The number of fused-ring (bicyclic) bond motifs is 1. The lowest BCUT2D eigenvalue weighted by Crippen LogP contribution is -2.20. The van der Waals surface area contributed by atoms with E-state index in [-0.39, 0.29) is 5.82 Å². The van der Waals surface area contributed by atoms with Crippen molar-refractivity contribution >= 4 is 28.4 Å². The first-order chi connectivity index (χ1) is 13.2. The Hall–Kier alpha value is -2.53. The molecule has 1 N–H and O–H groups in total. The summed E-state index contributed by atoms with van der Waals surface area (Å²) in [7, 11) is 0. The Kier molecular flexibility index (Phi) is 5.30. The largest absolute Gasteiger partial charge is 0.492 e. The number of aliphatic imine (C=N–C) groups is 1. The summed E-state index contributed by atoms with van der Waals surface area (Å²) < 4.78 is 19.3. The Bertz CT molecular complexity index is 986. The van der Waals surface area contributed by atoms with E-state index in [1.165, 1.54) is 12.1 Å². The Morgan fingerprint density at radius 1 is 1.04 bits per heavy atom. The smallest absolute Gasteiger partial charge is 0.132 e. The summed E-state index contributed by atoms with van der Waals surface area (Å²) in [5.41, 5.74) is 3.06. The first-order valence-corrected chi connectivity index (χ1v) is 10.4. The molecule has 0 bridgehead atoms. The van der Waals surface area contributed by atoms with E-state index in [0.717, 1.165) is 57.9 Å². The van der Waals surface area contributed by atoms with Gasteiger partial charge in [-0.05, 0) is 58.5 Å². The molecule has 0 amide bonds. The van der Waals surface area contributed by atoms with E-state index in [4.69, 9.17) is 4.74 Å². The number of benzene rings is 3. The van der Waals surface area contributed by atoms with Crippen molar-refractivity contribution in [1.29, 1.82) is 0 Å². The highest BCUT2D eigenvalue weighted by molar-refractivity contribution is 7.98. The lowest BCUT2D eigenvalue weighted by molar-refractivity contribution is 0.344. The van der Waals surface area contributed by atoms with Crippen molar-refractivity contribution in [3.05, 3.63) is 66.0 Å². The van der Waals surface area contributed by atoms with Crippen molar-refractivity contribution < 1.29 is 9.13 Å². The molecule has 0 aliphatic carbocycles. The quantitative estimate of drug-likeness (QED) is 0.627. The van der Waals surface area contributed by atoms with Crippen LogP contribution < -0.4 is 10.1 Å². The van der Waals surface area contributed by atoms with Gasteiger partial charge in [0.25, 0.3) is 0 Å². The third-order valence-corrected chi connectivity index (χ3v) is 5.17. The minimum Gasteiger partial charge on any atom is -0.492 e. The van der Waals surface area contributed by atoms with Crippen LogP contribution in [0.25, 0.3) is 21.9 Å². The molecule has 138 valence electrons. The molecular weight excluding hydrogens is 359 g/mol. The fourth-order valence-electron chi connectivity index (χ4n) is 3.22. The van der Waals surface area contributed by atoms with Crippen LogP contribution in [-0.4, -0.2) is 37.5 Å². The molecule has 3 nitrogen and oxygen atoms in total. The molecule has 0 saturated heterocycles. The third-order valence-electron chi connectivity index (χ3n) is 4.59. The van der Waals surface area contributed by atoms with Crippen LogP contribution >= 0.6 is 11.8 Å². The number of hydrogen-bond donors (Lipinski definition) is 1. The first-order valence-electron chi connectivity index (χ1n) is 8.99. The van der Waals surface area contributed by atoms with Crippen molar-refractivity contribution in [2.75, 3.05) is 31.7 Å². The van der Waals surface area contributed by atoms with Crippen molar-refractivity contribution in [1.82, 2.24) is 5.32 Å². The maximum Gasteiger partial charge on any atom is 0.132 e. The highest BCUT2D eigenvalue weighted by Crippen LogP contribution is 2.31. The minimum absolute atomic E-state index is 0.223. The Morgan fingerprint density at radius 2 is 1.85 bits per heavy atom. The summed E-state index contributed by atoms with van der Waals surface area (Å²) in [6.07, 6.45) is 2.07. The van der Waals surface area contributed by atoms with Gasteiger partial charge < -0.3 is 10.1 Å². The van der Waals surface area contributed by atoms with E-state index in [1.54, 1.807) is 23.9 Å². The second kappa shape index (κ2) is 8.01. The highest BCUT2D eigenvalue weighted by atomic mass is 32.2. The average molecular weight is 380 g/mol. The topological polar surface area (TPSA) is 33.6 Å². The SMILES string of the molecule is CSCCOc1cc2ccc(-c3ccc(F)cc3)cc2cc1C1=NCCN1. The summed E-state index contributed by atoms with van der Waals surface area (Å²) >= 11 is 1.77. The molecule has 3 aromatic carbocycles. The Balaban J connectivity index is 1.76. The molecule has 0 saturated carbocycles. The molecule has 27 heavy (non-hydrogen) atoms. The van der Waals surface area contributed by atoms with Gasteiger partial charge in [0.15, 0.2) is 0 Å². The van der Waals surface area contributed by atoms with Gasteiger partial charge in [-0.3, -0.25) is 4.99 Å². The van der Waals surface area contributed by atoms with E-state index >= 15 is 0 Å². The maximum atomic E-state index is 13.2. The predicted octanol–water partition coefficient (Wildman–Crippen LogP) is 4.74. The van der Waals surface area contributed by atoms with Crippen LogP contribution in [0.1, 0.15) is 5.56 Å². The van der Waals surface area contributed by atoms with Crippen LogP contribution in [0.15, 0.2) is 59.6 Å². The molecule has 0 radical (unpaired) electrons. The van der Waals surface area contributed by atoms with Crippen molar-refractivity contribution in [2.24, 2.45) is 4.99 Å². The van der Waals surface area contributed by atoms with Crippen molar-refractivity contribution in [2.45, 2.75) is 0 Å². The molecule has 3 aromatic rings. The van der Waals surface area contributed by atoms with Crippen molar-refractivity contribution in [3.63, 3.8) is 0 Å². The number of ether oxygens (including phenoxy) is 1. The lowest BCUT2D eigenvalue weighted by atomic mass is 9.99. The highest BCUT2D eigenvalue weighted by Gasteiger charge is 2.15. The average Bonchev–Trinajstić information content (AvgIpc) is 3.22. The summed E-state index contributed by atoms with van der Waals surface area (Å²) in [6.45, 7) is 2.31. The van der Waals surface area contributed by atoms with E-state index < -0.39 is 0 Å². The summed E-state index contributed by atoms with van der Waals surface area (Å²) in [5, 5.41) is 5.57. The zero-order chi connectivity index (χ0) is 18.6. The van der Waals surface area contributed by atoms with Gasteiger partial charge in [-0.1, -0.05) is 24.3 Å². The fourth-order valence-corrected chi connectivity index (χ4v) is 3.47. The van der Waals surface area contributed by atoms with E-state index in [9.17, 15) is 4.39 Å². The van der Waals surface area contributed by atoms with Gasteiger partial charge in [-0.2, -0.15) is 11.8 Å². The number of halogens is 1. The van der Waals surface area contributed by atoms with Gasteiger partial charge in [0.05, 0.1) is 18.7 Å². The maximum absolute atomic E-state index is 13.2. The van der Waals surface area contributed by atoms with Gasteiger partial charge in [0.2, 0.25) is 0 Å². The number of nitrogens with zero attached hydrogens (tertiary/aromatic N) is 1. The van der Waals surface area contributed by atoms with Gasteiger partial charge in [-0.25, -0.2) is 4.39 Å². The Labute approximate surface area is 162 Å². The number of rotatable bonds is 6. The second-order valence-electron chi connectivity index (χ2n) is 6.42. The van der Waals surface area contributed by atoms with E-state index in [1.807, 2.05) is 0 Å².